The van der Waals surface area contributed by atoms with Crippen molar-refractivity contribution in [1.29, 1.82) is 0 Å². The van der Waals surface area contributed by atoms with Crippen LogP contribution < -0.4 is 9.64 Å². The Morgan fingerprint density at radius 2 is 1.82 bits per heavy atom. The number of carbonyl (C=O) groups excluding carboxylic acids is 2. The molecule has 0 spiro atoms. The zero-order valence-corrected chi connectivity index (χ0v) is 22.5. The van der Waals surface area contributed by atoms with E-state index < -0.39 is 17.7 Å². The molecule has 1 N–H and O–H groups in total. The highest BCUT2D eigenvalue weighted by Gasteiger charge is 2.48. The molecule has 1 atom stereocenters. The van der Waals surface area contributed by atoms with E-state index in [0.29, 0.717) is 38.6 Å². The topological polar surface area (TPSA) is 106 Å². The lowest BCUT2D eigenvalue weighted by molar-refractivity contribution is -0.132. The number of hydrogen-bond donors (Lipinski definition) is 1. The van der Waals surface area contributed by atoms with Gasteiger partial charge in [-0.3, -0.25) is 19.5 Å². The Balaban J connectivity index is 1.53. The first-order valence-corrected chi connectivity index (χ1v) is 13.8. The first-order chi connectivity index (χ1) is 18.5. The molecule has 1 fully saturated rings. The van der Waals surface area contributed by atoms with E-state index >= 15 is 0 Å². The summed E-state index contributed by atoms with van der Waals surface area (Å²) in [7, 11) is 0. The third-order valence-electron chi connectivity index (χ3n) is 5.82. The number of halogens is 1. The number of benzene rings is 2. The number of nitrogens with zero attached hydrogens (tertiary/aromatic N) is 4. The molecule has 0 saturated carbocycles. The number of rotatable bonds is 8. The maximum atomic E-state index is 13.3. The summed E-state index contributed by atoms with van der Waals surface area (Å²) in [6, 6.07) is 16.8. The molecule has 1 aliphatic rings. The van der Waals surface area contributed by atoms with Crippen molar-refractivity contribution >= 4 is 57.3 Å². The van der Waals surface area contributed by atoms with Gasteiger partial charge in [-0.1, -0.05) is 65.0 Å². The molecular weight excluding hydrogens is 544 g/mol. The van der Waals surface area contributed by atoms with E-state index in [0.717, 1.165) is 5.56 Å². The number of hydrogen-bond acceptors (Lipinski definition) is 9. The van der Waals surface area contributed by atoms with Gasteiger partial charge in [-0.2, -0.15) is 0 Å². The van der Waals surface area contributed by atoms with Gasteiger partial charge in [-0.25, -0.2) is 0 Å². The van der Waals surface area contributed by atoms with Gasteiger partial charge < -0.3 is 9.84 Å². The number of ether oxygens (including phenoxy) is 1. The molecule has 4 aromatic rings. The summed E-state index contributed by atoms with van der Waals surface area (Å²) < 4.78 is 6.16. The Bertz CT molecular complexity index is 1510. The lowest BCUT2D eigenvalue weighted by atomic mass is 9.95. The summed E-state index contributed by atoms with van der Waals surface area (Å²) in [6.07, 6.45) is 3.01. The molecule has 1 unspecified atom stereocenters. The van der Waals surface area contributed by atoms with E-state index in [2.05, 4.69) is 15.2 Å². The zero-order chi connectivity index (χ0) is 26.6. The number of amides is 1. The van der Waals surface area contributed by atoms with Crippen LogP contribution in [-0.4, -0.2) is 38.6 Å². The minimum atomic E-state index is -0.909. The van der Waals surface area contributed by atoms with Crippen LogP contribution in [0.25, 0.3) is 5.76 Å². The lowest BCUT2D eigenvalue weighted by Gasteiger charge is -2.22. The molecule has 0 bridgehead atoms. The van der Waals surface area contributed by atoms with E-state index in [4.69, 9.17) is 16.3 Å². The van der Waals surface area contributed by atoms with Crippen LogP contribution in [-0.2, 0) is 15.3 Å². The molecule has 0 aliphatic carbocycles. The van der Waals surface area contributed by atoms with E-state index in [1.165, 1.54) is 40.4 Å². The molecule has 8 nitrogen and oxygen atoms in total. The monoisotopic (exact) mass is 564 g/mol. The number of pyridine rings is 1. The predicted molar refractivity (Wildman–Crippen MR) is 148 cm³/mol. The Labute approximate surface area is 232 Å². The highest BCUT2D eigenvalue weighted by molar-refractivity contribution is 8.00. The van der Waals surface area contributed by atoms with Crippen molar-refractivity contribution in [3.05, 3.63) is 100 Å². The highest BCUT2D eigenvalue weighted by Crippen LogP contribution is 2.44. The zero-order valence-electron chi connectivity index (χ0n) is 20.1. The van der Waals surface area contributed by atoms with E-state index in [9.17, 15) is 14.7 Å². The number of aliphatic hydroxyl groups excluding tert-OH is 1. The number of ketones is 1. The van der Waals surface area contributed by atoms with Crippen LogP contribution in [0, 0.1) is 0 Å². The maximum absolute atomic E-state index is 13.3. The Kier molecular flexibility index (Phi) is 7.73. The van der Waals surface area contributed by atoms with Crippen molar-refractivity contribution in [1.82, 2.24) is 15.2 Å². The van der Waals surface area contributed by atoms with Gasteiger partial charge in [0.2, 0.25) is 5.13 Å². The largest absolute Gasteiger partial charge is 0.507 e. The molecular formula is C27H21ClN4O4S2. The molecule has 192 valence electrons. The molecule has 1 aliphatic heterocycles. The fraction of sp³-hybridized carbons (Fsp3) is 0.148. The number of aromatic nitrogens is 3. The van der Waals surface area contributed by atoms with E-state index in [-0.39, 0.29) is 16.5 Å². The van der Waals surface area contributed by atoms with Crippen LogP contribution in [0.15, 0.2) is 83.0 Å². The molecule has 1 amide bonds. The van der Waals surface area contributed by atoms with Gasteiger partial charge in [-0.15, -0.1) is 10.2 Å². The van der Waals surface area contributed by atoms with Gasteiger partial charge in [0, 0.05) is 28.7 Å². The van der Waals surface area contributed by atoms with Crippen molar-refractivity contribution in [2.45, 2.75) is 23.1 Å². The number of carbonyl (C=O) groups is 2. The Morgan fingerprint density at radius 3 is 2.53 bits per heavy atom. The minimum Gasteiger partial charge on any atom is -0.507 e. The SMILES string of the molecule is CCOc1ccc(C2C(=C(O)c3ccncc3)C(=O)C(=O)N2c2nnc(SCc3ccccc3Cl)s2)cc1. The fourth-order valence-corrected chi connectivity index (χ4v) is 6.19. The highest BCUT2D eigenvalue weighted by atomic mass is 35.5. The fourth-order valence-electron chi connectivity index (χ4n) is 4.04. The second-order valence-electron chi connectivity index (χ2n) is 8.14. The normalized spacial score (nSPS) is 16.7. The van der Waals surface area contributed by atoms with Crippen LogP contribution in [0.4, 0.5) is 5.13 Å². The Morgan fingerprint density at radius 1 is 1.08 bits per heavy atom. The molecule has 2 aromatic carbocycles. The summed E-state index contributed by atoms with van der Waals surface area (Å²) in [4.78, 5) is 31.9. The maximum Gasteiger partial charge on any atom is 0.301 e. The van der Waals surface area contributed by atoms with Gasteiger partial charge in [0.15, 0.2) is 4.34 Å². The number of anilines is 1. The van der Waals surface area contributed by atoms with Gasteiger partial charge in [0.05, 0.1) is 18.2 Å². The van der Waals surface area contributed by atoms with Gasteiger partial charge in [0.25, 0.3) is 5.78 Å². The van der Waals surface area contributed by atoms with Crippen LogP contribution in [0.2, 0.25) is 5.02 Å². The smallest absolute Gasteiger partial charge is 0.301 e. The summed E-state index contributed by atoms with van der Waals surface area (Å²) in [5.41, 5.74) is 1.90. The summed E-state index contributed by atoms with van der Waals surface area (Å²) >= 11 is 8.89. The number of aliphatic hydroxyl groups is 1. The predicted octanol–water partition coefficient (Wildman–Crippen LogP) is 5.90. The first-order valence-electron chi connectivity index (χ1n) is 11.6. The van der Waals surface area contributed by atoms with Crippen molar-refractivity contribution in [3.63, 3.8) is 0 Å². The average Bonchev–Trinajstić information content (AvgIpc) is 3.51. The van der Waals surface area contributed by atoms with Crippen molar-refractivity contribution in [2.24, 2.45) is 0 Å². The second-order valence-corrected chi connectivity index (χ2v) is 10.7. The van der Waals surface area contributed by atoms with Crippen molar-refractivity contribution in [2.75, 3.05) is 11.5 Å². The van der Waals surface area contributed by atoms with E-state index in [1.54, 1.807) is 36.4 Å². The second kappa shape index (κ2) is 11.3. The standard InChI is InChI=1S/C27H21ClN4O4S2/c1-2-36-19-9-7-16(8-10-19)22-21(23(33)17-11-13-29-14-12-17)24(34)25(35)32(22)26-30-31-27(38-26)37-15-18-5-3-4-6-20(18)28/h3-14,22,33H,2,15H2,1H3. The number of Topliss-reactive ketones (excluding diaryl/α,β-unsaturated/α-hetero) is 1. The lowest BCUT2D eigenvalue weighted by Crippen LogP contribution is -2.29. The van der Waals surface area contributed by atoms with Crippen LogP contribution in [0.3, 0.4) is 0 Å². The molecule has 38 heavy (non-hydrogen) atoms. The van der Waals surface area contributed by atoms with Crippen LogP contribution >= 0.6 is 34.7 Å². The van der Waals surface area contributed by atoms with Crippen LogP contribution in [0.1, 0.15) is 29.7 Å². The molecule has 2 aromatic heterocycles. The summed E-state index contributed by atoms with van der Waals surface area (Å²) in [5.74, 6) is -0.671. The number of thioether (sulfide) groups is 1. The van der Waals surface area contributed by atoms with Crippen molar-refractivity contribution < 1.29 is 19.4 Å². The average molecular weight is 565 g/mol. The molecule has 5 rings (SSSR count). The Hall–Kier alpha value is -3.73. The molecule has 11 heteroatoms. The van der Waals surface area contributed by atoms with Gasteiger partial charge in [-0.05, 0) is 48.4 Å². The van der Waals surface area contributed by atoms with Gasteiger partial charge >= 0.3 is 5.91 Å². The quantitative estimate of drug-likeness (QED) is 0.0926. The molecule has 3 heterocycles. The third kappa shape index (κ3) is 5.15. The van der Waals surface area contributed by atoms with E-state index in [1.807, 2.05) is 31.2 Å². The van der Waals surface area contributed by atoms with Gasteiger partial charge in [0.1, 0.15) is 11.5 Å². The summed E-state index contributed by atoms with van der Waals surface area (Å²) in [5, 5.41) is 20.5. The third-order valence-corrected chi connectivity index (χ3v) is 8.29. The van der Waals surface area contributed by atoms with Crippen LogP contribution in [0.5, 0.6) is 5.75 Å². The summed E-state index contributed by atoms with van der Waals surface area (Å²) in [6.45, 7) is 2.38. The first kappa shape index (κ1) is 25.9. The molecule has 1 saturated heterocycles. The minimum absolute atomic E-state index is 0.0363. The van der Waals surface area contributed by atoms with Crippen molar-refractivity contribution in [3.8, 4) is 5.75 Å². The molecule has 0 radical (unpaired) electrons.